The van der Waals surface area contributed by atoms with Gasteiger partial charge in [0.25, 0.3) is 0 Å². The SMILES string of the molecule is NC1CCC(CNc2nc(NCc3cnccn3)ncc2[N+](=O)[O-])CC1. The van der Waals surface area contributed by atoms with Crippen LogP contribution in [0.3, 0.4) is 0 Å². The maximum atomic E-state index is 11.2. The minimum absolute atomic E-state index is 0.137. The van der Waals surface area contributed by atoms with Crippen LogP contribution in [0.15, 0.2) is 24.8 Å². The van der Waals surface area contributed by atoms with Crippen LogP contribution >= 0.6 is 0 Å². The maximum absolute atomic E-state index is 11.2. The van der Waals surface area contributed by atoms with Gasteiger partial charge >= 0.3 is 5.69 Å². The van der Waals surface area contributed by atoms with Crippen molar-refractivity contribution in [3.05, 3.63) is 40.6 Å². The summed E-state index contributed by atoms with van der Waals surface area (Å²) in [4.78, 5) is 27.2. The van der Waals surface area contributed by atoms with Crippen LogP contribution in [0.1, 0.15) is 31.4 Å². The molecule has 1 aliphatic rings. The molecule has 0 aromatic carbocycles. The number of nitrogens with zero attached hydrogens (tertiary/aromatic N) is 5. The third-order valence-electron chi connectivity index (χ3n) is 4.46. The van der Waals surface area contributed by atoms with E-state index in [0.29, 0.717) is 25.0 Å². The van der Waals surface area contributed by atoms with E-state index in [-0.39, 0.29) is 17.5 Å². The first-order valence-electron chi connectivity index (χ1n) is 8.61. The predicted octanol–water partition coefficient (Wildman–Crippen LogP) is 1.72. The molecule has 0 atom stereocenters. The van der Waals surface area contributed by atoms with Crippen molar-refractivity contribution in [2.24, 2.45) is 11.7 Å². The van der Waals surface area contributed by atoms with Gasteiger partial charge in [-0.25, -0.2) is 4.98 Å². The van der Waals surface area contributed by atoms with E-state index in [0.717, 1.165) is 31.4 Å². The van der Waals surface area contributed by atoms with Gasteiger partial charge in [0.15, 0.2) is 0 Å². The van der Waals surface area contributed by atoms with Crippen LogP contribution in [0, 0.1) is 16.0 Å². The number of nitrogens with two attached hydrogens (primary N) is 1. The van der Waals surface area contributed by atoms with Crippen LogP contribution in [-0.2, 0) is 6.54 Å². The molecular weight excluding hydrogens is 336 g/mol. The minimum atomic E-state index is -0.481. The first kappa shape index (κ1) is 17.9. The van der Waals surface area contributed by atoms with Gasteiger partial charge in [0, 0.05) is 25.0 Å². The van der Waals surface area contributed by atoms with Crippen molar-refractivity contribution in [1.82, 2.24) is 19.9 Å². The highest BCUT2D eigenvalue weighted by molar-refractivity contribution is 5.57. The average Bonchev–Trinajstić information content (AvgIpc) is 2.66. The number of anilines is 2. The Kier molecular flexibility index (Phi) is 5.84. The van der Waals surface area contributed by atoms with Gasteiger partial charge in [0.2, 0.25) is 11.8 Å². The molecule has 1 aliphatic carbocycles. The Morgan fingerprint density at radius 1 is 1.15 bits per heavy atom. The highest BCUT2D eigenvalue weighted by Gasteiger charge is 2.21. The summed E-state index contributed by atoms with van der Waals surface area (Å²) >= 11 is 0. The summed E-state index contributed by atoms with van der Waals surface area (Å²) in [5.41, 5.74) is 6.51. The molecule has 0 spiro atoms. The van der Waals surface area contributed by atoms with Crippen molar-refractivity contribution in [3.63, 3.8) is 0 Å². The second kappa shape index (κ2) is 8.48. The van der Waals surface area contributed by atoms with Gasteiger partial charge in [-0.2, -0.15) is 4.98 Å². The van der Waals surface area contributed by atoms with Crippen molar-refractivity contribution in [3.8, 4) is 0 Å². The molecule has 26 heavy (non-hydrogen) atoms. The van der Waals surface area contributed by atoms with E-state index in [1.807, 2.05) is 0 Å². The third-order valence-corrected chi connectivity index (χ3v) is 4.46. The Balaban J connectivity index is 1.65. The second-order valence-electron chi connectivity index (χ2n) is 6.40. The molecule has 2 heterocycles. The van der Waals surface area contributed by atoms with Gasteiger partial charge < -0.3 is 16.4 Å². The molecule has 10 heteroatoms. The fourth-order valence-corrected chi connectivity index (χ4v) is 2.95. The van der Waals surface area contributed by atoms with Crippen molar-refractivity contribution < 1.29 is 4.92 Å². The molecular formula is C16H22N8O2. The monoisotopic (exact) mass is 358 g/mol. The molecule has 1 fully saturated rings. The van der Waals surface area contributed by atoms with Crippen molar-refractivity contribution in [2.45, 2.75) is 38.3 Å². The largest absolute Gasteiger partial charge is 0.364 e. The molecule has 2 aromatic rings. The molecule has 0 aliphatic heterocycles. The number of hydrogen-bond acceptors (Lipinski definition) is 9. The lowest BCUT2D eigenvalue weighted by Gasteiger charge is -2.26. The number of aromatic nitrogens is 4. The van der Waals surface area contributed by atoms with Crippen LogP contribution in [0.4, 0.5) is 17.5 Å². The van der Waals surface area contributed by atoms with Crippen molar-refractivity contribution in [1.29, 1.82) is 0 Å². The van der Waals surface area contributed by atoms with E-state index in [1.165, 1.54) is 6.20 Å². The highest BCUT2D eigenvalue weighted by atomic mass is 16.6. The van der Waals surface area contributed by atoms with E-state index in [1.54, 1.807) is 18.6 Å². The number of nitrogens with one attached hydrogen (secondary N) is 2. The molecule has 0 saturated heterocycles. The van der Waals surface area contributed by atoms with Gasteiger partial charge in [0.1, 0.15) is 6.20 Å². The van der Waals surface area contributed by atoms with E-state index in [9.17, 15) is 10.1 Å². The molecule has 0 bridgehead atoms. The summed E-state index contributed by atoms with van der Waals surface area (Å²) in [5.74, 6) is 0.969. The number of rotatable bonds is 7. The van der Waals surface area contributed by atoms with E-state index >= 15 is 0 Å². The summed E-state index contributed by atoms with van der Waals surface area (Å²) in [6.45, 7) is 1.01. The summed E-state index contributed by atoms with van der Waals surface area (Å²) < 4.78 is 0. The number of hydrogen-bond donors (Lipinski definition) is 3. The summed E-state index contributed by atoms with van der Waals surface area (Å²) in [7, 11) is 0. The van der Waals surface area contributed by atoms with Gasteiger partial charge in [-0.1, -0.05) is 0 Å². The summed E-state index contributed by atoms with van der Waals surface area (Å²) in [6, 6.07) is 0.275. The van der Waals surface area contributed by atoms with Gasteiger partial charge in [-0.3, -0.25) is 20.1 Å². The summed E-state index contributed by atoms with van der Waals surface area (Å²) in [5, 5.41) is 17.4. The smallest absolute Gasteiger partial charge is 0.329 e. The molecule has 0 radical (unpaired) electrons. The van der Waals surface area contributed by atoms with E-state index < -0.39 is 4.92 Å². The van der Waals surface area contributed by atoms with Crippen LogP contribution in [0.25, 0.3) is 0 Å². The minimum Gasteiger partial charge on any atom is -0.364 e. The Morgan fingerprint density at radius 2 is 1.96 bits per heavy atom. The van der Waals surface area contributed by atoms with Crippen molar-refractivity contribution >= 4 is 17.5 Å². The maximum Gasteiger partial charge on any atom is 0.329 e. The quantitative estimate of drug-likeness (QED) is 0.497. The lowest BCUT2D eigenvalue weighted by atomic mass is 9.86. The van der Waals surface area contributed by atoms with Crippen LogP contribution in [0.2, 0.25) is 0 Å². The highest BCUT2D eigenvalue weighted by Crippen LogP contribution is 2.26. The lowest BCUT2D eigenvalue weighted by Crippen LogP contribution is -2.29. The molecule has 3 rings (SSSR count). The van der Waals surface area contributed by atoms with E-state index in [4.69, 9.17) is 5.73 Å². The Bertz CT molecular complexity index is 734. The standard InChI is InChI=1S/C16H22N8O2/c17-12-3-1-11(2-4-12)7-20-15-14(24(25)26)10-22-16(23-15)21-9-13-8-18-5-6-19-13/h5-6,8,10-12H,1-4,7,9,17H2,(H2,20,21,22,23). The van der Waals surface area contributed by atoms with Crippen LogP contribution in [0.5, 0.6) is 0 Å². The normalized spacial score (nSPS) is 19.7. The van der Waals surface area contributed by atoms with Gasteiger partial charge in [-0.15, -0.1) is 0 Å². The first-order chi connectivity index (χ1) is 12.6. The van der Waals surface area contributed by atoms with Crippen LogP contribution < -0.4 is 16.4 Å². The topological polar surface area (TPSA) is 145 Å². The van der Waals surface area contributed by atoms with Crippen LogP contribution in [-0.4, -0.2) is 37.4 Å². The first-order valence-corrected chi connectivity index (χ1v) is 8.61. The third kappa shape index (κ3) is 4.82. The lowest BCUT2D eigenvalue weighted by molar-refractivity contribution is -0.384. The molecule has 1 saturated carbocycles. The Hall–Kier alpha value is -2.88. The fourth-order valence-electron chi connectivity index (χ4n) is 2.95. The molecule has 0 unspecified atom stereocenters. The molecule has 2 aromatic heterocycles. The number of nitro groups is 1. The Labute approximate surface area is 150 Å². The average molecular weight is 358 g/mol. The Morgan fingerprint density at radius 3 is 2.65 bits per heavy atom. The zero-order valence-electron chi connectivity index (χ0n) is 14.3. The fraction of sp³-hybridized carbons (Fsp3) is 0.500. The van der Waals surface area contributed by atoms with E-state index in [2.05, 4.69) is 30.6 Å². The molecule has 4 N–H and O–H groups in total. The summed E-state index contributed by atoms with van der Waals surface area (Å²) in [6.07, 6.45) is 10.0. The second-order valence-corrected chi connectivity index (χ2v) is 6.40. The van der Waals surface area contributed by atoms with Gasteiger partial charge in [-0.05, 0) is 31.6 Å². The zero-order valence-corrected chi connectivity index (χ0v) is 14.3. The predicted molar refractivity (Wildman–Crippen MR) is 96.5 cm³/mol. The zero-order chi connectivity index (χ0) is 18.4. The van der Waals surface area contributed by atoms with Crippen molar-refractivity contribution in [2.75, 3.05) is 17.2 Å². The molecule has 0 amide bonds. The molecule has 10 nitrogen and oxygen atoms in total. The van der Waals surface area contributed by atoms with Gasteiger partial charge in [0.05, 0.1) is 23.4 Å². The molecule has 138 valence electrons.